The van der Waals surface area contributed by atoms with Crippen molar-refractivity contribution in [2.75, 3.05) is 26.3 Å². The molecule has 2 heterocycles. The van der Waals surface area contributed by atoms with Gasteiger partial charge in [0.05, 0.1) is 19.1 Å². The van der Waals surface area contributed by atoms with Gasteiger partial charge in [0, 0.05) is 19.1 Å². The molecule has 0 aromatic heterocycles. The van der Waals surface area contributed by atoms with Gasteiger partial charge in [-0.15, -0.1) is 0 Å². The van der Waals surface area contributed by atoms with Crippen LogP contribution in [0.3, 0.4) is 0 Å². The summed E-state index contributed by atoms with van der Waals surface area (Å²) in [4.78, 5) is 25.3. The van der Waals surface area contributed by atoms with Crippen molar-refractivity contribution in [2.45, 2.75) is 31.8 Å². The molecule has 3 N–H and O–H groups in total. The summed E-state index contributed by atoms with van der Waals surface area (Å²) in [5, 5.41) is 3.30. The van der Waals surface area contributed by atoms with E-state index in [0.29, 0.717) is 25.7 Å². The predicted octanol–water partition coefficient (Wildman–Crippen LogP) is -0.913. The van der Waals surface area contributed by atoms with E-state index in [9.17, 15) is 9.59 Å². The van der Waals surface area contributed by atoms with Crippen molar-refractivity contribution in [1.29, 1.82) is 0 Å². The van der Waals surface area contributed by atoms with Gasteiger partial charge in [-0.2, -0.15) is 0 Å². The van der Waals surface area contributed by atoms with Gasteiger partial charge in [-0.1, -0.05) is 0 Å². The number of nitrogens with two attached hydrogens (primary N) is 1. The molecule has 2 aliphatic rings. The number of rotatable bonds is 2. The molecule has 3 atom stereocenters. The van der Waals surface area contributed by atoms with E-state index in [-0.39, 0.29) is 18.4 Å². The van der Waals surface area contributed by atoms with Crippen molar-refractivity contribution in [3.8, 4) is 0 Å². The number of piperidine rings is 1. The molecule has 6 nitrogen and oxygen atoms in total. The first-order valence-electron chi connectivity index (χ1n) is 6.50. The number of carbonyl (C=O) groups excluding carboxylic acids is 2. The Morgan fingerprint density at radius 2 is 2.17 bits per heavy atom. The summed E-state index contributed by atoms with van der Waals surface area (Å²) in [5.74, 6) is -0.497. The van der Waals surface area contributed by atoms with Gasteiger partial charge in [0.2, 0.25) is 11.8 Å². The summed E-state index contributed by atoms with van der Waals surface area (Å²) >= 11 is 0. The summed E-state index contributed by atoms with van der Waals surface area (Å²) in [6, 6.07) is -0.142. The summed E-state index contributed by atoms with van der Waals surface area (Å²) in [6.07, 6.45) is 1.86. The second kappa shape index (κ2) is 5.67. The standard InChI is InChI=1S/C12H21N3O3/c1-8-2-3-9(6-14-8)12(17)15-4-5-18-7-10(15)11(13)16/h8-10,14H,2-7H2,1H3,(H2,13,16). The van der Waals surface area contributed by atoms with Gasteiger partial charge in [-0.05, 0) is 19.8 Å². The van der Waals surface area contributed by atoms with Crippen LogP contribution in [0.15, 0.2) is 0 Å². The van der Waals surface area contributed by atoms with Crippen LogP contribution in [-0.2, 0) is 14.3 Å². The van der Waals surface area contributed by atoms with E-state index in [1.165, 1.54) is 0 Å². The highest BCUT2D eigenvalue weighted by Crippen LogP contribution is 2.19. The first-order chi connectivity index (χ1) is 8.59. The lowest BCUT2D eigenvalue weighted by molar-refractivity contribution is -0.151. The van der Waals surface area contributed by atoms with Crippen molar-refractivity contribution in [3.05, 3.63) is 0 Å². The lowest BCUT2D eigenvalue weighted by Crippen LogP contribution is -2.57. The lowest BCUT2D eigenvalue weighted by atomic mass is 9.93. The molecule has 2 fully saturated rings. The molecule has 6 heteroatoms. The summed E-state index contributed by atoms with van der Waals surface area (Å²) in [5.41, 5.74) is 5.32. The highest BCUT2D eigenvalue weighted by Gasteiger charge is 2.35. The smallest absolute Gasteiger partial charge is 0.242 e. The average molecular weight is 255 g/mol. The van der Waals surface area contributed by atoms with Gasteiger partial charge in [-0.3, -0.25) is 9.59 Å². The summed E-state index contributed by atoms with van der Waals surface area (Å²) < 4.78 is 5.22. The number of nitrogens with one attached hydrogen (secondary N) is 1. The van der Waals surface area contributed by atoms with E-state index in [4.69, 9.17) is 10.5 Å². The van der Waals surface area contributed by atoms with E-state index < -0.39 is 11.9 Å². The Morgan fingerprint density at radius 1 is 1.39 bits per heavy atom. The molecule has 2 saturated heterocycles. The number of hydrogen-bond acceptors (Lipinski definition) is 4. The molecular weight excluding hydrogens is 234 g/mol. The van der Waals surface area contributed by atoms with Crippen LogP contribution in [0, 0.1) is 5.92 Å². The van der Waals surface area contributed by atoms with Crippen LogP contribution in [0.2, 0.25) is 0 Å². The van der Waals surface area contributed by atoms with Gasteiger partial charge in [-0.25, -0.2) is 0 Å². The number of morpholine rings is 1. The monoisotopic (exact) mass is 255 g/mol. The van der Waals surface area contributed by atoms with E-state index in [0.717, 1.165) is 12.8 Å². The third kappa shape index (κ3) is 2.81. The Labute approximate surface area is 107 Å². The van der Waals surface area contributed by atoms with Crippen molar-refractivity contribution in [1.82, 2.24) is 10.2 Å². The van der Waals surface area contributed by atoms with Crippen molar-refractivity contribution < 1.29 is 14.3 Å². The minimum Gasteiger partial charge on any atom is -0.377 e. The fourth-order valence-corrected chi connectivity index (χ4v) is 2.55. The lowest BCUT2D eigenvalue weighted by Gasteiger charge is -2.37. The van der Waals surface area contributed by atoms with Gasteiger partial charge in [0.15, 0.2) is 0 Å². The maximum Gasteiger partial charge on any atom is 0.242 e. The van der Waals surface area contributed by atoms with Crippen LogP contribution in [0.25, 0.3) is 0 Å². The van der Waals surface area contributed by atoms with Crippen LogP contribution in [-0.4, -0.2) is 55.1 Å². The number of hydrogen-bond donors (Lipinski definition) is 2. The molecule has 2 aliphatic heterocycles. The second-order valence-corrected chi connectivity index (χ2v) is 5.11. The Bertz CT molecular complexity index is 327. The van der Waals surface area contributed by atoms with Crippen LogP contribution < -0.4 is 11.1 Å². The van der Waals surface area contributed by atoms with E-state index >= 15 is 0 Å². The molecular formula is C12H21N3O3. The van der Waals surface area contributed by atoms with Crippen molar-refractivity contribution in [3.63, 3.8) is 0 Å². The molecule has 2 amide bonds. The molecule has 0 aliphatic carbocycles. The topological polar surface area (TPSA) is 84.7 Å². The molecule has 0 radical (unpaired) electrons. The quantitative estimate of drug-likeness (QED) is 0.669. The average Bonchev–Trinajstić information content (AvgIpc) is 2.39. The van der Waals surface area contributed by atoms with Gasteiger partial charge in [0.1, 0.15) is 6.04 Å². The summed E-state index contributed by atoms with van der Waals surface area (Å²) in [6.45, 7) is 3.95. The number of carbonyl (C=O) groups is 2. The Morgan fingerprint density at radius 3 is 2.78 bits per heavy atom. The minimum atomic E-state index is -0.606. The highest BCUT2D eigenvalue weighted by molar-refractivity contribution is 5.88. The van der Waals surface area contributed by atoms with Gasteiger partial charge >= 0.3 is 0 Å². The molecule has 102 valence electrons. The van der Waals surface area contributed by atoms with E-state index in [2.05, 4.69) is 12.2 Å². The summed E-state index contributed by atoms with van der Waals surface area (Å²) in [7, 11) is 0. The number of nitrogens with zero attached hydrogens (tertiary/aromatic N) is 1. The van der Waals surface area contributed by atoms with Crippen LogP contribution in [0.1, 0.15) is 19.8 Å². The van der Waals surface area contributed by atoms with E-state index in [1.807, 2.05) is 0 Å². The zero-order valence-electron chi connectivity index (χ0n) is 10.7. The van der Waals surface area contributed by atoms with E-state index in [1.54, 1.807) is 4.90 Å². The maximum atomic E-state index is 12.4. The number of primary amides is 1. The van der Waals surface area contributed by atoms with Crippen molar-refractivity contribution >= 4 is 11.8 Å². The zero-order valence-corrected chi connectivity index (χ0v) is 10.7. The molecule has 0 aromatic carbocycles. The SMILES string of the molecule is CC1CCC(C(=O)N2CCOCC2C(N)=O)CN1. The van der Waals surface area contributed by atoms with Crippen LogP contribution >= 0.6 is 0 Å². The van der Waals surface area contributed by atoms with Gasteiger partial charge < -0.3 is 20.7 Å². The number of ether oxygens (including phenoxy) is 1. The fourth-order valence-electron chi connectivity index (χ4n) is 2.55. The second-order valence-electron chi connectivity index (χ2n) is 5.11. The predicted molar refractivity (Wildman–Crippen MR) is 65.7 cm³/mol. The Hall–Kier alpha value is -1.14. The zero-order chi connectivity index (χ0) is 13.1. The molecule has 18 heavy (non-hydrogen) atoms. The van der Waals surface area contributed by atoms with Crippen LogP contribution in [0.4, 0.5) is 0 Å². The fraction of sp³-hybridized carbons (Fsp3) is 0.833. The molecule has 0 aromatic rings. The molecule has 3 unspecified atom stereocenters. The first-order valence-corrected chi connectivity index (χ1v) is 6.50. The third-order valence-corrected chi connectivity index (χ3v) is 3.75. The van der Waals surface area contributed by atoms with Gasteiger partial charge in [0.25, 0.3) is 0 Å². The molecule has 0 saturated carbocycles. The molecule has 0 spiro atoms. The first kappa shape index (κ1) is 13.3. The number of amides is 2. The Kier molecular flexibility index (Phi) is 4.19. The molecule has 0 bridgehead atoms. The maximum absolute atomic E-state index is 12.4. The minimum absolute atomic E-state index is 0.0292. The van der Waals surface area contributed by atoms with Crippen LogP contribution in [0.5, 0.6) is 0 Å². The van der Waals surface area contributed by atoms with Crippen molar-refractivity contribution in [2.24, 2.45) is 11.7 Å². The molecule has 2 rings (SSSR count). The Balaban J connectivity index is 2.00. The largest absolute Gasteiger partial charge is 0.377 e. The highest BCUT2D eigenvalue weighted by atomic mass is 16.5. The third-order valence-electron chi connectivity index (χ3n) is 3.75. The normalized spacial score (nSPS) is 33.2.